The maximum Gasteiger partial charge on any atom is 0.326 e. The van der Waals surface area contributed by atoms with E-state index >= 15 is 0 Å². The van der Waals surface area contributed by atoms with Gasteiger partial charge in [0.15, 0.2) is 0 Å². The molecule has 1 rings (SSSR count). The molecule has 0 heterocycles. The number of carbonyl (C=O) groups is 1. The molecule has 0 aromatic heterocycles. The highest BCUT2D eigenvalue weighted by molar-refractivity contribution is 5.81. The summed E-state index contributed by atoms with van der Waals surface area (Å²) in [5.41, 5.74) is 7.32. The monoisotopic (exact) mass is 236 g/mol. The van der Waals surface area contributed by atoms with Crippen molar-refractivity contribution in [2.24, 2.45) is 0 Å². The highest BCUT2D eigenvalue weighted by Crippen LogP contribution is 2.27. The minimum atomic E-state index is -0.815. The van der Waals surface area contributed by atoms with Crippen molar-refractivity contribution in [3.05, 3.63) is 24.3 Å². The summed E-state index contributed by atoms with van der Waals surface area (Å²) in [6.45, 7) is 5.81. The van der Waals surface area contributed by atoms with Gasteiger partial charge in [-0.05, 0) is 32.4 Å². The van der Waals surface area contributed by atoms with Crippen molar-refractivity contribution < 1.29 is 9.90 Å². The first-order valence-corrected chi connectivity index (χ1v) is 5.84. The molecule has 0 bridgehead atoms. The van der Waals surface area contributed by atoms with Gasteiger partial charge in [0.05, 0.1) is 11.4 Å². The second-order valence-corrected chi connectivity index (χ2v) is 4.32. The molecule has 0 saturated carbocycles. The fourth-order valence-corrected chi connectivity index (χ4v) is 2.02. The maximum absolute atomic E-state index is 11.3. The number of nitrogens with zero attached hydrogens (tertiary/aromatic N) is 1. The highest BCUT2D eigenvalue weighted by Gasteiger charge is 2.27. The molecule has 0 amide bonds. The molecule has 4 nitrogen and oxygen atoms in total. The summed E-state index contributed by atoms with van der Waals surface area (Å²) in [6, 6.07) is 6.91. The van der Waals surface area contributed by atoms with Crippen LogP contribution in [0.3, 0.4) is 0 Å². The van der Waals surface area contributed by atoms with Gasteiger partial charge in [-0.3, -0.25) is 0 Å². The van der Waals surface area contributed by atoms with E-state index < -0.39 is 12.0 Å². The normalized spacial score (nSPS) is 12.5. The standard InChI is InChI=1S/C13H20N2O2/c1-4-11(13(16)17)15(9(2)3)12-8-6-5-7-10(12)14/h5-9,11H,4,14H2,1-3H3,(H,16,17). The number of carboxylic acid groups (broad SMARTS) is 1. The van der Waals surface area contributed by atoms with Crippen LogP contribution in [-0.4, -0.2) is 23.2 Å². The van der Waals surface area contributed by atoms with Crippen molar-refractivity contribution in [3.8, 4) is 0 Å². The van der Waals surface area contributed by atoms with Crippen molar-refractivity contribution in [1.82, 2.24) is 0 Å². The van der Waals surface area contributed by atoms with E-state index in [1.807, 2.05) is 43.9 Å². The summed E-state index contributed by atoms with van der Waals surface area (Å²) in [7, 11) is 0. The second kappa shape index (κ2) is 5.57. The van der Waals surface area contributed by atoms with Crippen LogP contribution in [0.1, 0.15) is 27.2 Å². The summed E-state index contributed by atoms with van der Waals surface area (Å²) < 4.78 is 0. The summed E-state index contributed by atoms with van der Waals surface area (Å²) in [5, 5.41) is 9.26. The molecule has 0 saturated heterocycles. The summed E-state index contributed by atoms with van der Waals surface area (Å²) >= 11 is 0. The number of carboxylic acids is 1. The minimum absolute atomic E-state index is 0.0840. The number of rotatable bonds is 5. The Morgan fingerprint density at radius 3 is 2.41 bits per heavy atom. The molecular formula is C13H20N2O2. The Bertz CT molecular complexity index is 391. The zero-order valence-corrected chi connectivity index (χ0v) is 10.6. The Morgan fingerprint density at radius 2 is 2.00 bits per heavy atom. The average molecular weight is 236 g/mol. The fourth-order valence-electron chi connectivity index (χ4n) is 2.02. The van der Waals surface area contributed by atoms with Crippen molar-refractivity contribution in [2.75, 3.05) is 10.6 Å². The first-order valence-electron chi connectivity index (χ1n) is 5.84. The van der Waals surface area contributed by atoms with E-state index in [1.165, 1.54) is 0 Å². The van der Waals surface area contributed by atoms with Crippen molar-refractivity contribution >= 4 is 17.3 Å². The van der Waals surface area contributed by atoms with Crippen LogP contribution in [0, 0.1) is 0 Å². The van der Waals surface area contributed by atoms with Crippen LogP contribution < -0.4 is 10.6 Å². The number of hydrogen-bond donors (Lipinski definition) is 2. The van der Waals surface area contributed by atoms with Gasteiger partial charge in [-0.25, -0.2) is 4.79 Å². The first-order chi connectivity index (χ1) is 7.99. The van der Waals surface area contributed by atoms with E-state index in [0.717, 1.165) is 5.69 Å². The van der Waals surface area contributed by atoms with Crippen molar-refractivity contribution in [2.45, 2.75) is 39.3 Å². The van der Waals surface area contributed by atoms with E-state index in [0.29, 0.717) is 12.1 Å². The number of nitrogens with two attached hydrogens (primary N) is 1. The molecule has 0 fully saturated rings. The third-order valence-corrected chi connectivity index (χ3v) is 2.78. The topological polar surface area (TPSA) is 66.6 Å². The lowest BCUT2D eigenvalue weighted by Gasteiger charge is -2.34. The molecule has 3 N–H and O–H groups in total. The third kappa shape index (κ3) is 2.90. The molecule has 0 aliphatic heterocycles. The lowest BCUT2D eigenvalue weighted by molar-refractivity contribution is -0.138. The SMILES string of the molecule is CCC(C(=O)O)N(c1ccccc1N)C(C)C. The molecule has 0 radical (unpaired) electrons. The zero-order valence-electron chi connectivity index (χ0n) is 10.6. The first kappa shape index (κ1) is 13.4. The van der Waals surface area contributed by atoms with E-state index in [2.05, 4.69) is 0 Å². The molecule has 94 valence electrons. The van der Waals surface area contributed by atoms with E-state index in [1.54, 1.807) is 6.07 Å². The fraction of sp³-hybridized carbons (Fsp3) is 0.462. The van der Waals surface area contributed by atoms with Gasteiger partial charge < -0.3 is 15.7 Å². The van der Waals surface area contributed by atoms with Gasteiger partial charge in [0.25, 0.3) is 0 Å². The van der Waals surface area contributed by atoms with Gasteiger partial charge in [0, 0.05) is 6.04 Å². The largest absolute Gasteiger partial charge is 0.480 e. The molecule has 1 atom stereocenters. The lowest BCUT2D eigenvalue weighted by Crippen LogP contribution is -2.45. The predicted molar refractivity (Wildman–Crippen MR) is 70.2 cm³/mol. The van der Waals surface area contributed by atoms with Crippen LogP contribution in [0.5, 0.6) is 0 Å². The zero-order chi connectivity index (χ0) is 13.0. The van der Waals surface area contributed by atoms with Gasteiger partial charge in [-0.15, -0.1) is 0 Å². The smallest absolute Gasteiger partial charge is 0.326 e. The number of hydrogen-bond acceptors (Lipinski definition) is 3. The number of para-hydroxylation sites is 2. The Kier molecular flexibility index (Phi) is 4.37. The average Bonchev–Trinajstić information content (AvgIpc) is 2.26. The number of nitrogen functional groups attached to an aromatic ring is 1. The number of aliphatic carboxylic acids is 1. The molecule has 0 aliphatic carbocycles. The number of benzene rings is 1. The summed E-state index contributed by atoms with van der Waals surface area (Å²) in [5.74, 6) is -0.815. The second-order valence-electron chi connectivity index (χ2n) is 4.32. The minimum Gasteiger partial charge on any atom is -0.480 e. The van der Waals surface area contributed by atoms with Gasteiger partial charge >= 0.3 is 5.97 Å². The molecule has 0 aliphatic rings. The van der Waals surface area contributed by atoms with Crippen LogP contribution in [0.15, 0.2) is 24.3 Å². The molecule has 1 unspecified atom stereocenters. The summed E-state index contributed by atoms with van der Waals surface area (Å²) in [4.78, 5) is 13.1. The van der Waals surface area contributed by atoms with Crippen LogP contribution in [-0.2, 0) is 4.79 Å². The van der Waals surface area contributed by atoms with Crippen LogP contribution in [0.4, 0.5) is 11.4 Å². The highest BCUT2D eigenvalue weighted by atomic mass is 16.4. The quantitative estimate of drug-likeness (QED) is 0.770. The van der Waals surface area contributed by atoms with Crippen LogP contribution >= 0.6 is 0 Å². The maximum atomic E-state index is 11.3. The van der Waals surface area contributed by atoms with Gasteiger partial charge in [-0.1, -0.05) is 19.1 Å². The van der Waals surface area contributed by atoms with Gasteiger partial charge in [0.2, 0.25) is 0 Å². The molecule has 4 heteroatoms. The molecule has 0 spiro atoms. The number of anilines is 2. The Morgan fingerprint density at radius 1 is 1.41 bits per heavy atom. The van der Waals surface area contributed by atoms with E-state index in [4.69, 9.17) is 5.73 Å². The molecular weight excluding hydrogens is 216 g/mol. The molecule has 1 aromatic rings. The summed E-state index contributed by atoms with van der Waals surface area (Å²) in [6.07, 6.45) is 0.543. The predicted octanol–water partition coefficient (Wildman–Crippen LogP) is 2.35. The van der Waals surface area contributed by atoms with Gasteiger partial charge in [-0.2, -0.15) is 0 Å². The van der Waals surface area contributed by atoms with Gasteiger partial charge in [0.1, 0.15) is 6.04 Å². The third-order valence-electron chi connectivity index (χ3n) is 2.78. The molecule has 1 aromatic carbocycles. The molecule has 17 heavy (non-hydrogen) atoms. The van der Waals surface area contributed by atoms with Crippen LogP contribution in [0.2, 0.25) is 0 Å². The Labute approximate surface area is 102 Å². The van der Waals surface area contributed by atoms with E-state index in [-0.39, 0.29) is 6.04 Å². The van der Waals surface area contributed by atoms with E-state index in [9.17, 15) is 9.90 Å². The lowest BCUT2D eigenvalue weighted by atomic mass is 10.1. The van der Waals surface area contributed by atoms with Crippen LogP contribution in [0.25, 0.3) is 0 Å². The van der Waals surface area contributed by atoms with Crippen molar-refractivity contribution in [1.29, 1.82) is 0 Å². The Balaban J connectivity index is 3.18. The van der Waals surface area contributed by atoms with Crippen molar-refractivity contribution in [3.63, 3.8) is 0 Å². The Hall–Kier alpha value is -1.71.